The van der Waals surface area contributed by atoms with Crippen LogP contribution in [0.5, 0.6) is 0 Å². The number of morpholine rings is 1. The molecule has 0 amide bonds. The molecule has 2 aliphatic rings. The standard InChI is InChI=1S/C11H22N2O/c1-8(2)5-13-10-3-9(12)4-11(13)7-14-6-10/h8-11H,3-7,12H2,1-2H3. The van der Waals surface area contributed by atoms with Crippen molar-refractivity contribution in [2.45, 2.75) is 44.8 Å². The van der Waals surface area contributed by atoms with Gasteiger partial charge in [0.05, 0.1) is 13.2 Å². The molecule has 2 bridgehead atoms. The van der Waals surface area contributed by atoms with Crippen molar-refractivity contribution in [3.63, 3.8) is 0 Å². The Morgan fingerprint density at radius 1 is 1.29 bits per heavy atom. The molecule has 0 aromatic rings. The first-order valence-corrected chi connectivity index (χ1v) is 5.76. The molecule has 2 N–H and O–H groups in total. The van der Waals surface area contributed by atoms with Crippen LogP contribution in [0.3, 0.4) is 0 Å². The second kappa shape index (κ2) is 4.17. The molecule has 0 aromatic carbocycles. The molecular formula is C11H22N2O. The summed E-state index contributed by atoms with van der Waals surface area (Å²) in [7, 11) is 0. The summed E-state index contributed by atoms with van der Waals surface area (Å²) < 4.78 is 5.60. The third-order valence-corrected chi connectivity index (χ3v) is 3.28. The second-order valence-electron chi connectivity index (χ2n) is 5.17. The predicted octanol–water partition coefficient (Wildman–Crippen LogP) is 0.833. The molecular weight excluding hydrogens is 176 g/mol. The molecule has 0 saturated carbocycles. The quantitative estimate of drug-likeness (QED) is 0.714. The molecule has 0 radical (unpaired) electrons. The minimum atomic E-state index is 0.400. The molecule has 14 heavy (non-hydrogen) atoms. The van der Waals surface area contributed by atoms with Gasteiger partial charge in [-0.1, -0.05) is 13.8 Å². The van der Waals surface area contributed by atoms with Gasteiger partial charge in [-0.15, -0.1) is 0 Å². The van der Waals surface area contributed by atoms with E-state index in [1.165, 1.54) is 6.54 Å². The molecule has 0 spiro atoms. The summed E-state index contributed by atoms with van der Waals surface area (Å²) in [4.78, 5) is 2.62. The highest BCUT2D eigenvalue weighted by molar-refractivity contribution is 4.93. The Bertz CT molecular complexity index is 182. The highest BCUT2D eigenvalue weighted by Gasteiger charge is 2.37. The summed E-state index contributed by atoms with van der Waals surface area (Å²) >= 11 is 0. The first-order chi connectivity index (χ1) is 6.66. The maximum atomic E-state index is 6.04. The van der Waals surface area contributed by atoms with Gasteiger partial charge in [0.2, 0.25) is 0 Å². The minimum Gasteiger partial charge on any atom is -0.378 e. The first kappa shape index (κ1) is 10.4. The van der Waals surface area contributed by atoms with Gasteiger partial charge >= 0.3 is 0 Å². The molecule has 2 heterocycles. The summed E-state index contributed by atoms with van der Waals surface area (Å²) in [5, 5.41) is 0. The van der Waals surface area contributed by atoms with E-state index in [-0.39, 0.29) is 0 Å². The van der Waals surface area contributed by atoms with Gasteiger partial charge in [-0.25, -0.2) is 0 Å². The van der Waals surface area contributed by atoms with Crippen LogP contribution in [0.25, 0.3) is 0 Å². The largest absolute Gasteiger partial charge is 0.378 e. The van der Waals surface area contributed by atoms with Crippen LogP contribution < -0.4 is 5.73 Å². The van der Waals surface area contributed by atoms with Crippen LogP contribution in [0.1, 0.15) is 26.7 Å². The molecule has 82 valence electrons. The molecule has 2 unspecified atom stereocenters. The van der Waals surface area contributed by atoms with Crippen molar-refractivity contribution < 1.29 is 4.74 Å². The number of rotatable bonds is 2. The molecule has 3 nitrogen and oxygen atoms in total. The van der Waals surface area contributed by atoms with Gasteiger partial charge in [-0.05, 0) is 18.8 Å². The summed E-state index contributed by atoms with van der Waals surface area (Å²) in [6.45, 7) is 7.54. The zero-order chi connectivity index (χ0) is 10.1. The second-order valence-corrected chi connectivity index (χ2v) is 5.17. The molecule has 2 atom stereocenters. The van der Waals surface area contributed by atoms with Gasteiger partial charge in [-0.2, -0.15) is 0 Å². The lowest BCUT2D eigenvalue weighted by molar-refractivity contribution is -0.0817. The number of nitrogens with two attached hydrogens (primary N) is 1. The average molecular weight is 198 g/mol. The van der Waals surface area contributed by atoms with E-state index in [4.69, 9.17) is 10.5 Å². The summed E-state index contributed by atoms with van der Waals surface area (Å²) in [5.74, 6) is 0.743. The predicted molar refractivity (Wildman–Crippen MR) is 57.1 cm³/mol. The molecule has 2 aliphatic heterocycles. The van der Waals surface area contributed by atoms with E-state index < -0.39 is 0 Å². The fourth-order valence-corrected chi connectivity index (χ4v) is 2.75. The average Bonchev–Trinajstić information content (AvgIpc) is 2.05. The van der Waals surface area contributed by atoms with Crippen LogP contribution in [0.2, 0.25) is 0 Å². The number of ether oxygens (including phenoxy) is 1. The Balaban J connectivity index is 2.01. The van der Waals surface area contributed by atoms with Gasteiger partial charge in [-0.3, -0.25) is 4.90 Å². The summed E-state index contributed by atoms with van der Waals surface area (Å²) in [6, 6.07) is 1.57. The lowest BCUT2D eigenvalue weighted by Gasteiger charge is -2.48. The van der Waals surface area contributed by atoms with Crippen LogP contribution in [-0.4, -0.2) is 42.8 Å². The van der Waals surface area contributed by atoms with Crippen molar-refractivity contribution in [1.82, 2.24) is 4.90 Å². The summed E-state index contributed by atoms with van der Waals surface area (Å²) in [5.41, 5.74) is 6.04. The van der Waals surface area contributed by atoms with Gasteiger partial charge in [0.1, 0.15) is 0 Å². The van der Waals surface area contributed by atoms with E-state index in [1.54, 1.807) is 0 Å². The Morgan fingerprint density at radius 3 is 2.36 bits per heavy atom. The number of piperidine rings is 1. The van der Waals surface area contributed by atoms with Crippen molar-refractivity contribution in [2.75, 3.05) is 19.8 Å². The van der Waals surface area contributed by atoms with Crippen LogP contribution >= 0.6 is 0 Å². The number of nitrogens with zero attached hydrogens (tertiary/aromatic N) is 1. The SMILES string of the molecule is CC(C)CN1C2COCC1CC(N)C2. The van der Waals surface area contributed by atoms with Crippen LogP contribution in [-0.2, 0) is 4.74 Å². The van der Waals surface area contributed by atoms with E-state index in [0.717, 1.165) is 32.0 Å². The zero-order valence-corrected chi connectivity index (χ0v) is 9.28. The zero-order valence-electron chi connectivity index (χ0n) is 9.28. The van der Waals surface area contributed by atoms with E-state index in [2.05, 4.69) is 18.7 Å². The Morgan fingerprint density at radius 2 is 1.86 bits per heavy atom. The molecule has 3 heteroatoms. The van der Waals surface area contributed by atoms with E-state index in [9.17, 15) is 0 Å². The topological polar surface area (TPSA) is 38.5 Å². The van der Waals surface area contributed by atoms with Crippen LogP contribution in [0.15, 0.2) is 0 Å². The third kappa shape index (κ3) is 2.10. The molecule has 2 rings (SSSR count). The van der Waals surface area contributed by atoms with Gasteiger partial charge in [0.25, 0.3) is 0 Å². The monoisotopic (exact) mass is 198 g/mol. The highest BCUT2D eigenvalue weighted by Crippen LogP contribution is 2.27. The first-order valence-electron chi connectivity index (χ1n) is 5.76. The van der Waals surface area contributed by atoms with Crippen LogP contribution in [0, 0.1) is 5.92 Å². The van der Waals surface area contributed by atoms with Gasteiger partial charge in [0.15, 0.2) is 0 Å². The Labute approximate surface area is 86.6 Å². The lowest BCUT2D eigenvalue weighted by Crippen LogP contribution is -2.60. The van der Waals surface area contributed by atoms with E-state index in [0.29, 0.717) is 18.1 Å². The Hall–Kier alpha value is -0.120. The fraction of sp³-hybridized carbons (Fsp3) is 1.00. The number of fused-ring (bicyclic) bond motifs is 2. The van der Waals surface area contributed by atoms with Crippen molar-refractivity contribution in [3.05, 3.63) is 0 Å². The fourth-order valence-electron chi connectivity index (χ4n) is 2.75. The van der Waals surface area contributed by atoms with E-state index >= 15 is 0 Å². The van der Waals surface area contributed by atoms with Crippen LogP contribution in [0.4, 0.5) is 0 Å². The van der Waals surface area contributed by atoms with Gasteiger partial charge in [0, 0.05) is 24.7 Å². The smallest absolute Gasteiger partial charge is 0.0623 e. The lowest BCUT2D eigenvalue weighted by atomic mass is 9.90. The molecule has 0 aromatic heterocycles. The highest BCUT2D eigenvalue weighted by atomic mass is 16.5. The van der Waals surface area contributed by atoms with Crippen molar-refractivity contribution >= 4 is 0 Å². The van der Waals surface area contributed by atoms with E-state index in [1.807, 2.05) is 0 Å². The number of hydrogen-bond acceptors (Lipinski definition) is 3. The Kier molecular flexibility index (Phi) is 3.10. The normalized spacial score (nSPS) is 39.0. The number of hydrogen-bond donors (Lipinski definition) is 1. The van der Waals surface area contributed by atoms with Crippen molar-refractivity contribution in [3.8, 4) is 0 Å². The molecule has 2 fully saturated rings. The maximum Gasteiger partial charge on any atom is 0.0623 e. The molecule has 2 saturated heterocycles. The summed E-state index contributed by atoms with van der Waals surface area (Å²) in [6.07, 6.45) is 2.23. The maximum absolute atomic E-state index is 6.04. The van der Waals surface area contributed by atoms with Crippen molar-refractivity contribution in [2.24, 2.45) is 11.7 Å². The molecule has 0 aliphatic carbocycles. The van der Waals surface area contributed by atoms with Gasteiger partial charge < -0.3 is 10.5 Å². The third-order valence-electron chi connectivity index (χ3n) is 3.28. The minimum absolute atomic E-state index is 0.400. The van der Waals surface area contributed by atoms with Crippen molar-refractivity contribution in [1.29, 1.82) is 0 Å².